The van der Waals surface area contributed by atoms with Gasteiger partial charge in [0.05, 0.1) is 0 Å². The van der Waals surface area contributed by atoms with E-state index in [0.717, 1.165) is 18.4 Å². The maximum Gasteiger partial charge on any atom is 0.241 e. The van der Waals surface area contributed by atoms with E-state index in [1.165, 1.54) is 0 Å². The molecule has 1 heterocycles. The molecule has 1 atom stereocenters. The van der Waals surface area contributed by atoms with Crippen LogP contribution >= 0.6 is 12.4 Å². The number of nitrogens with two attached hydrogens (primary N) is 1. The van der Waals surface area contributed by atoms with Gasteiger partial charge in [-0.25, -0.2) is 0 Å². The quantitative estimate of drug-likeness (QED) is 0.873. The molecule has 2 rings (SSSR count). The van der Waals surface area contributed by atoms with Crippen molar-refractivity contribution in [1.82, 2.24) is 5.32 Å². The summed E-state index contributed by atoms with van der Waals surface area (Å²) in [6.45, 7) is 1.43. The normalized spacial score (nSPS) is 17.6. The second kappa shape index (κ2) is 7.36. The number of benzene rings is 1. The van der Waals surface area contributed by atoms with Crippen LogP contribution in [0.25, 0.3) is 0 Å². The molecule has 1 unspecified atom stereocenters. The Morgan fingerprint density at radius 3 is 2.50 bits per heavy atom. The third-order valence-electron chi connectivity index (χ3n) is 3.01. The minimum Gasteiger partial charge on any atom is -0.381 e. The zero-order valence-corrected chi connectivity index (χ0v) is 11.0. The van der Waals surface area contributed by atoms with Crippen LogP contribution in [-0.4, -0.2) is 25.2 Å². The lowest BCUT2D eigenvalue weighted by atomic mass is 10.1. The molecular formula is C13H19ClN2O2. The van der Waals surface area contributed by atoms with Crippen LogP contribution in [0.15, 0.2) is 30.3 Å². The van der Waals surface area contributed by atoms with Gasteiger partial charge < -0.3 is 15.8 Å². The number of hydrogen-bond acceptors (Lipinski definition) is 3. The average molecular weight is 271 g/mol. The van der Waals surface area contributed by atoms with Crippen LogP contribution in [0.2, 0.25) is 0 Å². The standard InChI is InChI=1S/C13H18N2O2.ClH/c14-12(10-4-2-1-3-5-10)13(16)15-11-6-8-17-9-7-11;/h1-5,11-12H,6-9,14H2,(H,15,16);1H. The van der Waals surface area contributed by atoms with E-state index >= 15 is 0 Å². The van der Waals surface area contributed by atoms with Crippen LogP contribution in [0.3, 0.4) is 0 Å². The van der Waals surface area contributed by atoms with Gasteiger partial charge in [0.1, 0.15) is 6.04 Å². The number of rotatable bonds is 3. The molecule has 5 heteroatoms. The van der Waals surface area contributed by atoms with Gasteiger partial charge in [-0.3, -0.25) is 4.79 Å². The fraction of sp³-hybridized carbons (Fsp3) is 0.462. The number of carbonyl (C=O) groups is 1. The van der Waals surface area contributed by atoms with Gasteiger partial charge in [-0.2, -0.15) is 0 Å². The first kappa shape index (κ1) is 15.0. The van der Waals surface area contributed by atoms with Crippen molar-refractivity contribution in [1.29, 1.82) is 0 Å². The Balaban J connectivity index is 0.00000162. The van der Waals surface area contributed by atoms with Crippen molar-refractivity contribution in [2.24, 2.45) is 5.73 Å². The Kier molecular flexibility index (Phi) is 6.12. The van der Waals surface area contributed by atoms with E-state index in [2.05, 4.69) is 5.32 Å². The molecule has 1 amide bonds. The Hall–Kier alpha value is -1.10. The second-order valence-electron chi connectivity index (χ2n) is 4.28. The van der Waals surface area contributed by atoms with Crippen molar-refractivity contribution in [2.75, 3.05) is 13.2 Å². The van der Waals surface area contributed by atoms with Crippen LogP contribution in [-0.2, 0) is 9.53 Å². The number of hydrogen-bond donors (Lipinski definition) is 2. The van der Waals surface area contributed by atoms with Gasteiger partial charge >= 0.3 is 0 Å². The van der Waals surface area contributed by atoms with E-state index in [0.29, 0.717) is 13.2 Å². The zero-order valence-electron chi connectivity index (χ0n) is 10.2. The molecule has 1 fully saturated rings. The largest absolute Gasteiger partial charge is 0.381 e. The summed E-state index contributed by atoms with van der Waals surface area (Å²) in [4.78, 5) is 11.9. The summed E-state index contributed by atoms with van der Waals surface area (Å²) in [6.07, 6.45) is 1.74. The molecule has 4 nitrogen and oxygen atoms in total. The number of halogens is 1. The lowest BCUT2D eigenvalue weighted by Crippen LogP contribution is -2.43. The minimum absolute atomic E-state index is 0. The summed E-state index contributed by atoms with van der Waals surface area (Å²) in [5, 5.41) is 2.97. The van der Waals surface area contributed by atoms with Crippen LogP contribution in [0.1, 0.15) is 24.4 Å². The molecule has 1 saturated heterocycles. The summed E-state index contributed by atoms with van der Waals surface area (Å²) < 4.78 is 5.24. The van der Waals surface area contributed by atoms with Crippen molar-refractivity contribution in [3.05, 3.63) is 35.9 Å². The summed E-state index contributed by atoms with van der Waals surface area (Å²) in [5.74, 6) is -0.108. The molecule has 18 heavy (non-hydrogen) atoms. The molecule has 1 aromatic rings. The predicted octanol–water partition coefficient (Wildman–Crippen LogP) is 1.40. The van der Waals surface area contributed by atoms with Gasteiger partial charge in [-0.15, -0.1) is 12.4 Å². The molecule has 3 N–H and O–H groups in total. The molecule has 0 spiro atoms. The van der Waals surface area contributed by atoms with E-state index in [1.54, 1.807) is 0 Å². The Labute approximate surface area is 113 Å². The topological polar surface area (TPSA) is 64.4 Å². The second-order valence-corrected chi connectivity index (χ2v) is 4.28. The molecule has 0 aromatic heterocycles. The summed E-state index contributed by atoms with van der Waals surface area (Å²) >= 11 is 0. The Morgan fingerprint density at radius 2 is 1.89 bits per heavy atom. The smallest absolute Gasteiger partial charge is 0.241 e. The fourth-order valence-corrected chi connectivity index (χ4v) is 1.94. The van der Waals surface area contributed by atoms with Crippen LogP contribution in [0.5, 0.6) is 0 Å². The highest BCUT2D eigenvalue weighted by Crippen LogP contribution is 2.12. The van der Waals surface area contributed by atoms with E-state index in [4.69, 9.17) is 10.5 Å². The molecule has 1 aliphatic rings. The summed E-state index contributed by atoms with van der Waals surface area (Å²) in [6, 6.07) is 9.04. The van der Waals surface area contributed by atoms with Crippen LogP contribution < -0.4 is 11.1 Å². The van der Waals surface area contributed by atoms with Gasteiger partial charge in [0, 0.05) is 19.3 Å². The van der Waals surface area contributed by atoms with Crippen molar-refractivity contribution >= 4 is 18.3 Å². The molecular weight excluding hydrogens is 252 g/mol. The summed E-state index contributed by atoms with van der Waals surface area (Å²) in [7, 11) is 0. The zero-order chi connectivity index (χ0) is 12.1. The van der Waals surface area contributed by atoms with Crippen molar-refractivity contribution in [3.8, 4) is 0 Å². The van der Waals surface area contributed by atoms with Gasteiger partial charge in [-0.05, 0) is 18.4 Å². The number of carbonyl (C=O) groups excluding carboxylic acids is 1. The first-order valence-corrected chi connectivity index (χ1v) is 5.96. The molecule has 0 radical (unpaired) electrons. The van der Waals surface area contributed by atoms with Crippen LogP contribution in [0, 0.1) is 0 Å². The number of amides is 1. The van der Waals surface area contributed by atoms with Gasteiger partial charge in [0.25, 0.3) is 0 Å². The van der Waals surface area contributed by atoms with Gasteiger partial charge in [0.2, 0.25) is 5.91 Å². The monoisotopic (exact) mass is 270 g/mol. The van der Waals surface area contributed by atoms with Crippen molar-refractivity contribution < 1.29 is 9.53 Å². The maximum atomic E-state index is 11.9. The average Bonchev–Trinajstić information content (AvgIpc) is 2.40. The Bertz CT molecular complexity index is 367. The summed E-state index contributed by atoms with van der Waals surface area (Å²) in [5.41, 5.74) is 6.76. The van der Waals surface area contributed by atoms with Gasteiger partial charge in [0.15, 0.2) is 0 Å². The van der Waals surface area contributed by atoms with E-state index in [9.17, 15) is 4.79 Å². The maximum absolute atomic E-state index is 11.9. The molecule has 0 aliphatic carbocycles. The van der Waals surface area contributed by atoms with Crippen molar-refractivity contribution in [3.63, 3.8) is 0 Å². The molecule has 0 saturated carbocycles. The lowest BCUT2D eigenvalue weighted by Gasteiger charge is -2.24. The van der Waals surface area contributed by atoms with Crippen LogP contribution in [0.4, 0.5) is 0 Å². The predicted molar refractivity (Wildman–Crippen MR) is 72.6 cm³/mol. The SMILES string of the molecule is Cl.NC(C(=O)NC1CCOCC1)c1ccccc1. The molecule has 1 aliphatic heterocycles. The molecule has 0 bridgehead atoms. The minimum atomic E-state index is -0.584. The number of nitrogens with one attached hydrogen (secondary N) is 1. The van der Waals surface area contributed by atoms with Crippen molar-refractivity contribution in [2.45, 2.75) is 24.9 Å². The van der Waals surface area contributed by atoms with E-state index < -0.39 is 6.04 Å². The Morgan fingerprint density at radius 1 is 1.28 bits per heavy atom. The first-order chi connectivity index (χ1) is 8.27. The lowest BCUT2D eigenvalue weighted by molar-refractivity contribution is -0.123. The highest BCUT2D eigenvalue weighted by molar-refractivity contribution is 5.85. The number of ether oxygens (including phenoxy) is 1. The van der Waals surface area contributed by atoms with E-state index in [1.807, 2.05) is 30.3 Å². The van der Waals surface area contributed by atoms with Gasteiger partial charge in [-0.1, -0.05) is 30.3 Å². The third kappa shape index (κ3) is 3.98. The molecule has 100 valence electrons. The highest BCUT2D eigenvalue weighted by Gasteiger charge is 2.20. The van der Waals surface area contributed by atoms with E-state index in [-0.39, 0.29) is 24.4 Å². The fourth-order valence-electron chi connectivity index (χ4n) is 1.94. The third-order valence-corrected chi connectivity index (χ3v) is 3.01. The first-order valence-electron chi connectivity index (χ1n) is 5.96. The highest BCUT2D eigenvalue weighted by atomic mass is 35.5. The molecule has 1 aromatic carbocycles.